The summed E-state index contributed by atoms with van der Waals surface area (Å²) in [6, 6.07) is 0. The van der Waals surface area contributed by atoms with E-state index in [1.165, 1.54) is 32.1 Å². The zero-order valence-corrected chi connectivity index (χ0v) is 10.6. The summed E-state index contributed by atoms with van der Waals surface area (Å²) < 4.78 is 5.46. The Bertz CT molecular complexity index is 267. The number of hydrogen-bond acceptors (Lipinski definition) is 2. The van der Waals surface area contributed by atoms with Crippen molar-refractivity contribution in [2.24, 2.45) is 35.5 Å². The van der Waals surface area contributed by atoms with E-state index in [0.29, 0.717) is 11.8 Å². The van der Waals surface area contributed by atoms with E-state index < -0.39 is 0 Å². The maximum atomic E-state index is 10.7. The molecule has 5 rings (SSSR count). The molecule has 2 heteroatoms. The lowest BCUT2D eigenvalue weighted by atomic mass is 9.50. The Morgan fingerprint density at radius 1 is 0.941 bits per heavy atom. The highest BCUT2D eigenvalue weighted by Gasteiger charge is 2.51. The minimum atomic E-state index is -0.0625. The molecule has 2 unspecified atom stereocenters. The Kier molecular flexibility index (Phi) is 2.52. The summed E-state index contributed by atoms with van der Waals surface area (Å²) in [5, 5.41) is 10.7. The van der Waals surface area contributed by atoms with Crippen LogP contribution in [0.5, 0.6) is 0 Å². The highest BCUT2D eigenvalue weighted by molar-refractivity contribution is 5.01. The van der Waals surface area contributed by atoms with Gasteiger partial charge in [0.1, 0.15) is 0 Å². The molecule has 0 aromatic heterocycles. The number of aliphatic hydroxyl groups excluding tert-OH is 1. The molecule has 0 radical (unpaired) electrons. The fourth-order valence-electron chi connectivity index (χ4n) is 5.66. The lowest BCUT2D eigenvalue weighted by molar-refractivity contribution is -0.105. The Labute approximate surface area is 104 Å². The van der Waals surface area contributed by atoms with Gasteiger partial charge in [0.2, 0.25) is 0 Å². The summed E-state index contributed by atoms with van der Waals surface area (Å²) in [5.74, 6) is 4.79. The van der Waals surface area contributed by atoms with Gasteiger partial charge in [0, 0.05) is 12.5 Å². The maximum Gasteiger partial charge on any atom is 0.0624 e. The maximum absolute atomic E-state index is 10.7. The minimum absolute atomic E-state index is 0.0625. The summed E-state index contributed by atoms with van der Waals surface area (Å²) in [5.41, 5.74) is 0. The first-order valence-electron chi connectivity index (χ1n) is 7.57. The molecule has 5 aliphatic rings. The zero-order valence-electron chi connectivity index (χ0n) is 10.6. The Morgan fingerprint density at radius 2 is 1.59 bits per heavy atom. The summed E-state index contributed by atoms with van der Waals surface area (Å²) in [6.45, 7) is 1.68. The molecule has 4 aliphatic carbocycles. The quantitative estimate of drug-likeness (QED) is 0.798. The second-order valence-corrected chi connectivity index (χ2v) is 7.12. The summed E-state index contributed by atoms with van der Waals surface area (Å²) in [7, 11) is 0. The van der Waals surface area contributed by atoms with Crippen molar-refractivity contribution in [1.82, 2.24) is 0 Å². The van der Waals surface area contributed by atoms with Crippen LogP contribution < -0.4 is 0 Å². The largest absolute Gasteiger partial charge is 0.392 e. The molecule has 2 atom stereocenters. The monoisotopic (exact) mass is 236 g/mol. The van der Waals surface area contributed by atoms with Crippen LogP contribution in [0, 0.1) is 35.5 Å². The first kappa shape index (κ1) is 10.8. The molecule has 0 spiro atoms. The van der Waals surface area contributed by atoms with E-state index in [2.05, 4.69) is 0 Å². The van der Waals surface area contributed by atoms with Gasteiger partial charge in [0.25, 0.3) is 0 Å². The van der Waals surface area contributed by atoms with Gasteiger partial charge in [-0.1, -0.05) is 0 Å². The van der Waals surface area contributed by atoms with Gasteiger partial charge in [-0.3, -0.25) is 0 Å². The van der Waals surface area contributed by atoms with Crippen molar-refractivity contribution in [3.05, 3.63) is 0 Å². The normalized spacial score (nSPS) is 54.2. The van der Waals surface area contributed by atoms with Crippen molar-refractivity contribution in [2.45, 2.75) is 44.6 Å². The number of aliphatic hydroxyl groups is 1. The summed E-state index contributed by atoms with van der Waals surface area (Å²) >= 11 is 0. The van der Waals surface area contributed by atoms with Crippen molar-refractivity contribution < 1.29 is 9.84 Å². The lowest BCUT2D eigenvalue weighted by Gasteiger charge is -2.56. The Hall–Kier alpha value is -0.0800. The van der Waals surface area contributed by atoms with Crippen molar-refractivity contribution in [3.8, 4) is 0 Å². The third kappa shape index (κ3) is 1.67. The lowest BCUT2D eigenvalue weighted by Crippen LogP contribution is -2.51. The average molecular weight is 236 g/mol. The SMILES string of the molecule is OC(C1CCOC1)C1C2CC3CC(C2)CC1C3. The van der Waals surface area contributed by atoms with E-state index in [1.807, 2.05) is 0 Å². The fraction of sp³-hybridized carbons (Fsp3) is 1.00. The van der Waals surface area contributed by atoms with Gasteiger partial charge in [-0.2, -0.15) is 0 Å². The van der Waals surface area contributed by atoms with E-state index in [9.17, 15) is 5.11 Å². The molecule has 4 saturated carbocycles. The van der Waals surface area contributed by atoms with Gasteiger partial charge in [-0.15, -0.1) is 0 Å². The zero-order chi connectivity index (χ0) is 11.4. The summed E-state index contributed by atoms with van der Waals surface area (Å²) in [6.07, 6.45) is 8.20. The molecule has 4 bridgehead atoms. The van der Waals surface area contributed by atoms with Crippen LogP contribution in [0.1, 0.15) is 38.5 Å². The highest BCUT2D eigenvalue weighted by atomic mass is 16.5. The Morgan fingerprint density at radius 3 is 2.12 bits per heavy atom. The molecule has 1 saturated heterocycles. The van der Waals surface area contributed by atoms with Crippen LogP contribution in [0.15, 0.2) is 0 Å². The van der Waals surface area contributed by atoms with Crippen LogP contribution in [-0.4, -0.2) is 24.4 Å². The second-order valence-electron chi connectivity index (χ2n) is 7.12. The van der Waals surface area contributed by atoms with E-state index in [1.54, 1.807) is 0 Å². The average Bonchev–Trinajstić information content (AvgIpc) is 2.80. The third-order valence-electron chi connectivity index (χ3n) is 6.14. The highest BCUT2D eigenvalue weighted by Crippen LogP contribution is 2.58. The predicted molar refractivity (Wildman–Crippen MR) is 65.5 cm³/mol. The molecule has 1 N–H and O–H groups in total. The molecule has 1 heterocycles. The van der Waals surface area contributed by atoms with Crippen molar-refractivity contribution in [2.75, 3.05) is 13.2 Å². The van der Waals surface area contributed by atoms with Gasteiger partial charge < -0.3 is 9.84 Å². The second kappa shape index (κ2) is 3.96. The first-order valence-corrected chi connectivity index (χ1v) is 7.57. The first-order chi connectivity index (χ1) is 8.31. The third-order valence-corrected chi connectivity index (χ3v) is 6.14. The molecule has 2 nitrogen and oxygen atoms in total. The molecule has 5 fully saturated rings. The molecule has 0 amide bonds. The Balaban J connectivity index is 1.53. The molecular formula is C15H24O2. The summed E-state index contributed by atoms with van der Waals surface area (Å²) in [4.78, 5) is 0. The van der Waals surface area contributed by atoms with Crippen LogP contribution in [0.3, 0.4) is 0 Å². The van der Waals surface area contributed by atoms with Crippen molar-refractivity contribution in [1.29, 1.82) is 0 Å². The standard InChI is InChI=1S/C15H24O2/c16-15(11-1-2-17-8-11)14-12-4-9-3-10(6-12)7-13(14)5-9/h9-16H,1-8H2. The molecule has 96 valence electrons. The van der Waals surface area contributed by atoms with E-state index in [-0.39, 0.29) is 6.10 Å². The molecule has 0 aromatic rings. The van der Waals surface area contributed by atoms with E-state index >= 15 is 0 Å². The van der Waals surface area contributed by atoms with Gasteiger partial charge in [-0.25, -0.2) is 0 Å². The van der Waals surface area contributed by atoms with Gasteiger partial charge in [-0.05, 0) is 68.1 Å². The predicted octanol–water partition coefficient (Wildman–Crippen LogP) is 2.46. The fourth-order valence-corrected chi connectivity index (χ4v) is 5.66. The number of rotatable bonds is 2. The smallest absolute Gasteiger partial charge is 0.0624 e. The number of ether oxygens (including phenoxy) is 1. The van der Waals surface area contributed by atoms with Gasteiger partial charge >= 0.3 is 0 Å². The number of hydrogen-bond donors (Lipinski definition) is 1. The van der Waals surface area contributed by atoms with Crippen LogP contribution in [0.2, 0.25) is 0 Å². The minimum Gasteiger partial charge on any atom is -0.392 e. The molecule has 17 heavy (non-hydrogen) atoms. The van der Waals surface area contributed by atoms with Crippen molar-refractivity contribution >= 4 is 0 Å². The van der Waals surface area contributed by atoms with E-state index in [4.69, 9.17) is 4.74 Å². The van der Waals surface area contributed by atoms with Crippen LogP contribution >= 0.6 is 0 Å². The van der Waals surface area contributed by atoms with Crippen LogP contribution in [0.4, 0.5) is 0 Å². The van der Waals surface area contributed by atoms with E-state index in [0.717, 1.165) is 43.3 Å². The van der Waals surface area contributed by atoms with Gasteiger partial charge in [0.05, 0.1) is 12.7 Å². The molecule has 1 aliphatic heterocycles. The molecular weight excluding hydrogens is 212 g/mol. The van der Waals surface area contributed by atoms with Crippen LogP contribution in [-0.2, 0) is 4.74 Å². The molecule has 0 aromatic carbocycles. The van der Waals surface area contributed by atoms with Gasteiger partial charge in [0.15, 0.2) is 0 Å². The topological polar surface area (TPSA) is 29.5 Å². The van der Waals surface area contributed by atoms with Crippen molar-refractivity contribution in [3.63, 3.8) is 0 Å². The van der Waals surface area contributed by atoms with Crippen LogP contribution in [0.25, 0.3) is 0 Å².